The first-order chi connectivity index (χ1) is 5.06. The zero-order chi connectivity index (χ0) is 8.74. The molecule has 0 aromatic rings. The molecule has 0 radical (unpaired) electrons. The van der Waals surface area contributed by atoms with Crippen molar-refractivity contribution in [2.75, 3.05) is 0 Å². The lowest BCUT2D eigenvalue weighted by Gasteiger charge is -2.09. The summed E-state index contributed by atoms with van der Waals surface area (Å²) in [4.78, 5) is 0. The Bertz CT molecular complexity index is 137. The van der Waals surface area contributed by atoms with Crippen molar-refractivity contribution in [2.45, 2.75) is 38.4 Å². The van der Waals surface area contributed by atoms with E-state index in [1.807, 2.05) is 6.92 Å². The lowest BCUT2D eigenvalue weighted by molar-refractivity contribution is 0.894. The smallest absolute Gasteiger partial charge is 0.0252 e. The highest BCUT2D eigenvalue weighted by Gasteiger charge is 2.03. The van der Waals surface area contributed by atoms with E-state index in [0.717, 1.165) is 12.8 Å². The van der Waals surface area contributed by atoms with Gasteiger partial charge in [0.25, 0.3) is 0 Å². The van der Waals surface area contributed by atoms with Crippen molar-refractivity contribution >= 4 is 12.6 Å². The van der Waals surface area contributed by atoms with Crippen LogP contribution in [0.4, 0.5) is 0 Å². The van der Waals surface area contributed by atoms with Crippen LogP contribution in [0.2, 0.25) is 0 Å². The zero-order valence-corrected chi connectivity index (χ0v) is 8.57. The van der Waals surface area contributed by atoms with Gasteiger partial charge in [0.2, 0.25) is 0 Å². The Morgan fingerprint density at radius 1 is 1.18 bits per heavy atom. The van der Waals surface area contributed by atoms with E-state index in [-0.39, 0.29) is 4.75 Å². The summed E-state index contributed by atoms with van der Waals surface area (Å²) in [6.45, 7) is 6.22. The first kappa shape index (κ1) is 10.8. The molecule has 0 heterocycles. The summed E-state index contributed by atoms with van der Waals surface area (Å²) in [6.07, 6.45) is 10.8. The van der Waals surface area contributed by atoms with Gasteiger partial charge in [0, 0.05) is 4.75 Å². The Kier molecular flexibility index (Phi) is 5.39. The lowest BCUT2D eigenvalue weighted by Crippen LogP contribution is -2.03. The molecule has 0 saturated carbocycles. The number of allylic oxidation sites excluding steroid dienone is 3. The maximum atomic E-state index is 4.37. The molecule has 0 amide bonds. The van der Waals surface area contributed by atoms with E-state index >= 15 is 0 Å². The van der Waals surface area contributed by atoms with Crippen LogP contribution in [0.1, 0.15) is 33.6 Å². The fraction of sp³-hybridized carbons (Fsp3) is 0.600. The average molecular weight is 170 g/mol. The Labute approximate surface area is 75.8 Å². The van der Waals surface area contributed by atoms with Crippen molar-refractivity contribution < 1.29 is 0 Å². The predicted octanol–water partition coefficient (Wildman–Crippen LogP) is 3.61. The third kappa shape index (κ3) is 9.83. The predicted molar refractivity (Wildman–Crippen MR) is 56.3 cm³/mol. The van der Waals surface area contributed by atoms with Crippen LogP contribution in [0.3, 0.4) is 0 Å². The van der Waals surface area contributed by atoms with Crippen molar-refractivity contribution in [3.8, 4) is 0 Å². The van der Waals surface area contributed by atoms with Crippen LogP contribution in [-0.4, -0.2) is 4.75 Å². The van der Waals surface area contributed by atoms with Gasteiger partial charge in [-0.1, -0.05) is 24.3 Å². The molecule has 1 heteroatoms. The molecule has 0 saturated heterocycles. The van der Waals surface area contributed by atoms with Gasteiger partial charge in [-0.2, -0.15) is 12.6 Å². The quantitative estimate of drug-likeness (QED) is 0.372. The number of hydrogen-bond acceptors (Lipinski definition) is 1. The molecular formula is C10H18S. The number of unbranched alkanes of at least 4 members (excludes halogenated alkanes) is 1. The lowest BCUT2D eigenvalue weighted by atomic mass is 10.1. The van der Waals surface area contributed by atoms with Gasteiger partial charge in [-0.15, -0.1) is 0 Å². The van der Waals surface area contributed by atoms with Crippen LogP contribution >= 0.6 is 12.6 Å². The van der Waals surface area contributed by atoms with Gasteiger partial charge in [0.15, 0.2) is 0 Å². The average Bonchev–Trinajstić information content (AvgIpc) is 1.85. The molecule has 0 aliphatic rings. The van der Waals surface area contributed by atoms with E-state index < -0.39 is 0 Å². The standard InChI is InChI=1S/C10H18S/c1-4-5-6-7-8-9-10(2,3)11/h4-5,8-9,11H,6-7H2,1-3H3. The molecule has 0 rings (SSSR count). The molecule has 0 atom stereocenters. The van der Waals surface area contributed by atoms with Crippen molar-refractivity contribution in [3.05, 3.63) is 24.3 Å². The largest absolute Gasteiger partial charge is 0.169 e. The van der Waals surface area contributed by atoms with Crippen molar-refractivity contribution in [2.24, 2.45) is 0 Å². The molecule has 0 aliphatic heterocycles. The monoisotopic (exact) mass is 170 g/mol. The Morgan fingerprint density at radius 3 is 2.18 bits per heavy atom. The van der Waals surface area contributed by atoms with E-state index in [9.17, 15) is 0 Å². The molecule has 64 valence electrons. The Balaban J connectivity index is 3.45. The van der Waals surface area contributed by atoms with Crippen LogP contribution < -0.4 is 0 Å². The molecule has 0 aliphatic carbocycles. The Hall–Kier alpha value is -0.170. The van der Waals surface area contributed by atoms with Crippen molar-refractivity contribution in [1.29, 1.82) is 0 Å². The molecule has 0 aromatic heterocycles. The van der Waals surface area contributed by atoms with Crippen molar-refractivity contribution in [1.82, 2.24) is 0 Å². The van der Waals surface area contributed by atoms with E-state index in [4.69, 9.17) is 0 Å². The van der Waals surface area contributed by atoms with Gasteiger partial charge in [0.1, 0.15) is 0 Å². The minimum Gasteiger partial charge on any atom is -0.169 e. The van der Waals surface area contributed by atoms with Crippen LogP contribution in [0.5, 0.6) is 0 Å². The number of hydrogen-bond donors (Lipinski definition) is 1. The first-order valence-corrected chi connectivity index (χ1v) is 4.52. The third-order valence-corrected chi connectivity index (χ3v) is 1.41. The second kappa shape index (κ2) is 5.48. The summed E-state index contributed by atoms with van der Waals surface area (Å²) >= 11 is 4.37. The third-order valence-electron chi connectivity index (χ3n) is 1.26. The highest BCUT2D eigenvalue weighted by Crippen LogP contribution is 2.13. The highest BCUT2D eigenvalue weighted by molar-refractivity contribution is 7.82. The van der Waals surface area contributed by atoms with E-state index in [2.05, 4.69) is 50.8 Å². The maximum absolute atomic E-state index is 4.37. The van der Waals surface area contributed by atoms with Crippen LogP contribution in [-0.2, 0) is 0 Å². The minimum absolute atomic E-state index is 0.0376. The SMILES string of the molecule is CC=CCCC=CC(C)(C)S. The van der Waals surface area contributed by atoms with Gasteiger partial charge in [-0.05, 0) is 33.6 Å². The minimum atomic E-state index is 0.0376. The van der Waals surface area contributed by atoms with E-state index in [0.29, 0.717) is 0 Å². The van der Waals surface area contributed by atoms with E-state index in [1.165, 1.54) is 0 Å². The number of rotatable bonds is 4. The maximum Gasteiger partial charge on any atom is 0.0252 e. The summed E-state index contributed by atoms with van der Waals surface area (Å²) in [6, 6.07) is 0. The summed E-state index contributed by atoms with van der Waals surface area (Å²) in [5, 5.41) is 0. The van der Waals surface area contributed by atoms with Gasteiger partial charge in [-0.3, -0.25) is 0 Å². The topological polar surface area (TPSA) is 0 Å². The molecular weight excluding hydrogens is 152 g/mol. The van der Waals surface area contributed by atoms with Crippen molar-refractivity contribution in [3.63, 3.8) is 0 Å². The molecule has 0 fully saturated rings. The van der Waals surface area contributed by atoms with E-state index in [1.54, 1.807) is 0 Å². The van der Waals surface area contributed by atoms with Gasteiger partial charge >= 0.3 is 0 Å². The van der Waals surface area contributed by atoms with Gasteiger partial charge in [-0.25, -0.2) is 0 Å². The second-order valence-electron chi connectivity index (χ2n) is 3.20. The Morgan fingerprint density at radius 2 is 1.73 bits per heavy atom. The molecule has 0 aromatic carbocycles. The van der Waals surface area contributed by atoms with Crippen LogP contribution in [0.25, 0.3) is 0 Å². The first-order valence-electron chi connectivity index (χ1n) is 4.07. The number of thiol groups is 1. The molecule has 0 N–H and O–H groups in total. The molecule has 11 heavy (non-hydrogen) atoms. The molecule has 0 nitrogen and oxygen atoms in total. The fourth-order valence-corrected chi connectivity index (χ4v) is 0.836. The molecule has 0 unspecified atom stereocenters. The fourth-order valence-electron chi connectivity index (χ4n) is 0.731. The molecule has 0 bridgehead atoms. The molecule has 0 spiro atoms. The highest BCUT2D eigenvalue weighted by atomic mass is 32.1. The zero-order valence-electron chi connectivity index (χ0n) is 7.67. The summed E-state index contributed by atoms with van der Waals surface area (Å²) in [7, 11) is 0. The summed E-state index contributed by atoms with van der Waals surface area (Å²) in [5.74, 6) is 0. The van der Waals surface area contributed by atoms with Gasteiger partial charge < -0.3 is 0 Å². The van der Waals surface area contributed by atoms with Crippen LogP contribution in [0.15, 0.2) is 24.3 Å². The summed E-state index contributed by atoms with van der Waals surface area (Å²) in [5.41, 5.74) is 0. The summed E-state index contributed by atoms with van der Waals surface area (Å²) < 4.78 is 0.0376. The second-order valence-corrected chi connectivity index (χ2v) is 4.36. The normalized spacial score (nSPS) is 13.5. The van der Waals surface area contributed by atoms with Gasteiger partial charge in [0.05, 0.1) is 0 Å². The van der Waals surface area contributed by atoms with Crippen LogP contribution in [0, 0.1) is 0 Å².